The summed E-state index contributed by atoms with van der Waals surface area (Å²) >= 11 is 0. The van der Waals surface area contributed by atoms with E-state index < -0.39 is 0 Å². The van der Waals surface area contributed by atoms with Gasteiger partial charge in [0.25, 0.3) is 0 Å². The standard InChI is InChI=1S/C18H39N/c1-4-7-10-11-12-13-14-17-18(19,15-8-5-2)16-9-6-3/h4-17,19H2,1-3H3. The number of unbranched alkanes of at least 4 members (excludes halogenated alkanes) is 8. The minimum absolute atomic E-state index is 0.148. The second-order valence-corrected chi connectivity index (χ2v) is 6.44. The molecule has 2 N–H and O–H groups in total. The molecule has 0 aromatic carbocycles. The Morgan fingerprint density at radius 2 is 0.895 bits per heavy atom. The molecule has 0 aromatic heterocycles. The van der Waals surface area contributed by atoms with E-state index in [2.05, 4.69) is 20.8 Å². The van der Waals surface area contributed by atoms with E-state index in [0.29, 0.717) is 0 Å². The first kappa shape index (κ1) is 19.0. The molecule has 0 fully saturated rings. The van der Waals surface area contributed by atoms with Crippen LogP contribution in [0.5, 0.6) is 0 Å². The molecule has 0 aliphatic heterocycles. The van der Waals surface area contributed by atoms with Gasteiger partial charge in [0.05, 0.1) is 0 Å². The Kier molecular flexibility index (Phi) is 12.9. The average Bonchev–Trinajstić information content (AvgIpc) is 2.42. The Hall–Kier alpha value is -0.0400. The smallest absolute Gasteiger partial charge is 0.0154 e. The van der Waals surface area contributed by atoms with Crippen LogP contribution >= 0.6 is 0 Å². The molecule has 0 atom stereocenters. The maximum Gasteiger partial charge on any atom is 0.0154 e. The predicted molar refractivity (Wildman–Crippen MR) is 88.6 cm³/mol. The van der Waals surface area contributed by atoms with Crippen molar-refractivity contribution in [1.29, 1.82) is 0 Å². The summed E-state index contributed by atoms with van der Waals surface area (Å²) in [4.78, 5) is 0. The van der Waals surface area contributed by atoms with Gasteiger partial charge in [-0.1, -0.05) is 91.4 Å². The van der Waals surface area contributed by atoms with Crippen LogP contribution in [0.25, 0.3) is 0 Å². The molecular formula is C18H39N. The molecule has 0 aliphatic rings. The lowest BCUT2D eigenvalue weighted by molar-refractivity contribution is 0.309. The first-order chi connectivity index (χ1) is 9.18. The third kappa shape index (κ3) is 11.5. The highest BCUT2D eigenvalue weighted by atomic mass is 14.7. The maximum absolute atomic E-state index is 6.63. The van der Waals surface area contributed by atoms with E-state index in [1.165, 1.54) is 89.9 Å². The molecule has 1 heteroatoms. The lowest BCUT2D eigenvalue weighted by Crippen LogP contribution is -2.39. The molecule has 0 saturated carbocycles. The summed E-state index contributed by atoms with van der Waals surface area (Å²) in [7, 11) is 0. The van der Waals surface area contributed by atoms with Gasteiger partial charge in [-0.2, -0.15) is 0 Å². The van der Waals surface area contributed by atoms with E-state index >= 15 is 0 Å². The summed E-state index contributed by atoms with van der Waals surface area (Å²) in [6, 6.07) is 0. The third-order valence-corrected chi connectivity index (χ3v) is 4.33. The largest absolute Gasteiger partial charge is 0.325 e. The van der Waals surface area contributed by atoms with Crippen LogP contribution in [0, 0.1) is 0 Å². The van der Waals surface area contributed by atoms with Crippen molar-refractivity contribution in [2.45, 2.75) is 116 Å². The van der Waals surface area contributed by atoms with Crippen LogP contribution in [0.4, 0.5) is 0 Å². The monoisotopic (exact) mass is 269 g/mol. The molecule has 19 heavy (non-hydrogen) atoms. The van der Waals surface area contributed by atoms with Gasteiger partial charge in [-0.25, -0.2) is 0 Å². The highest BCUT2D eigenvalue weighted by molar-refractivity contribution is 4.83. The fourth-order valence-corrected chi connectivity index (χ4v) is 2.87. The van der Waals surface area contributed by atoms with Gasteiger partial charge in [0.1, 0.15) is 0 Å². The van der Waals surface area contributed by atoms with Crippen LogP contribution in [-0.4, -0.2) is 5.54 Å². The number of hydrogen-bond acceptors (Lipinski definition) is 1. The molecule has 0 aliphatic carbocycles. The van der Waals surface area contributed by atoms with E-state index in [1.54, 1.807) is 0 Å². The van der Waals surface area contributed by atoms with E-state index in [1.807, 2.05) is 0 Å². The molecule has 0 saturated heterocycles. The minimum Gasteiger partial charge on any atom is -0.325 e. The summed E-state index contributed by atoms with van der Waals surface area (Å²) < 4.78 is 0. The Labute approximate surface area is 122 Å². The molecule has 0 spiro atoms. The van der Waals surface area contributed by atoms with Crippen molar-refractivity contribution in [2.24, 2.45) is 5.73 Å². The summed E-state index contributed by atoms with van der Waals surface area (Å²) in [5.41, 5.74) is 6.78. The van der Waals surface area contributed by atoms with Gasteiger partial charge >= 0.3 is 0 Å². The molecular weight excluding hydrogens is 230 g/mol. The van der Waals surface area contributed by atoms with E-state index in [9.17, 15) is 0 Å². The number of nitrogens with two attached hydrogens (primary N) is 1. The second kappa shape index (κ2) is 13.0. The van der Waals surface area contributed by atoms with Crippen LogP contribution in [-0.2, 0) is 0 Å². The van der Waals surface area contributed by atoms with E-state index in [0.717, 1.165) is 0 Å². The number of rotatable bonds is 14. The van der Waals surface area contributed by atoms with Gasteiger partial charge < -0.3 is 5.73 Å². The Morgan fingerprint density at radius 3 is 1.37 bits per heavy atom. The van der Waals surface area contributed by atoms with Crippen LogP contribution in [0.3, 0.4) is 0 Å². The van der Waals surface area contributed by atoms with Crippen LogP contribution < -0.4 is 5.73 Å². The zero-order valence-corrected chi connectivity index (χ0v) is 14.0. The van der Waals surface area contributed by atoms with Crippen molar-refractivity contribution >= 4 is 0 Å². The van der Waals surface area contributed by atoms with Crippen LogP contribution in [0.1, 0.15) is 111 Å². The molecule has 116 valence electrons. The summed E-state index contributed by atoms with van der Waals surface area (Å²) in [6.07, 6.45) is 18.6. The SMILES string of the molecule is CCCCCCCCCC(N)(CCCC)CCCC. The average molecular weight is 270 g/mol. The van der Waals surface area contributed by atoms with Crippen LogP contribution in [0.15, 0.2) is 0 Å². The molecule has 0 unspecified atom stereocenters. The molecule has 1 nitrogen and oxygen atoms in total. The summed E-state index contributed by atoms with van der Waals surface area (Å²) in [5.74, 6) is 0. The van der Waals surface area contributed by atoms with E-state index in [-0.39, 0.29) is 5.54 Å². The highest BCUT2D eigenvalue weighted by Gasteiger charge is 2.22. The Morgan fingerprint density at radius 1 is 0.526 bits per heavy atom. The van der Waals surface area contributed by atoms with Gasteiger partial charge in [0, 0.05) is 5.54 Å². The van der Waals surface area contributed by atoms with Gasteiger partial charge in [-0.15, -0.1) is 0 Å². The fraction of sp³-hybridized carbons (Fsp3) is 1.00. The third-order valence-electron chi connectivity index (χ3n) is 4.33. The Bertz CT molecular complexity index is 169. The summed E-state index contributed by atoms with van der Waals surface area (Å²) in [6.45, 7) is 6.83. The topological polar surface area (TPSA) is 26.0 Å². The fourth-order valence-electron chi connectivity index (χ4n) is 2.87. The maximum atomic E-state index is 6.63. The van der Waals surface area contributed by atoms with Gasteiger partial charge in [-0.3, -0.25) is 0 Å². The van der Waals surface area contributed by atoms with Crippen molar-refractivity contribution in [3.8, 4) is 0 Å². The summed E-state index contributed by atoms with van der Waals surface area (Å²) in [5, 5.41) is 0. The van der Waals surface area contributed by atoms with Crippen molar-refractivity contribution in [3.05, 3.63) is 0 Å². The zero-order valence-electron chi connectivity index (χ0n) is 14.0. The lowest BCUT2D eigenvalue weighted by atomic mass is 9.83. The molecule has 0 heterocycles. The predicted octanol–water partition coefficient (Wildman–Crippen LogP) is 6.21. The van der Waals surface area contributed by atoms with Crippen molar-refractivity contribution in [3.63, 3.8) is 0 Å². The van der Waals surface area contributed by atoms with E-state index in [4.69, 9.17) is 5.73 Å². The highest BCUT2D eigenvalue weighted by Crippen LogP contribution is 2.25. The lowest BCUT2D eigenvalue weighted by Gasteiger charge is -2.30. The molecule has 0 aromatic rings. The van der Waals surface area contributed by atoms with Gasteiger partial charge in [-0.05, 0) is 19.3 Å². The van der Waals surface area contributed by atoms with Crippen LogP contribution in [0.2, 0.25) is 0 Å². The van der Waals surface area contributed by atoms with Crippen molar-refractivity contribution < 1.29 is 0 Å². The minimum atomic E-state index is 0.148. The van der Waals surface area contributed by atoms with Gasteiger partial charge in [0.15, 0.2) is 0 Å². The Balaban J connectivity index is 3.72. The number of hydrogen-bond donors (Lipinski definition) is 1. The quantitative estimate of drug-likeness (QED) is 0.373. The van der Waals surface area contributed by atoms with Crippen molar-refractivity contribution in [2.75, 3.05) is 0 Å². The second-order valence-electron chi connectivity index (χ2n) is 6.44. The first-order valence-electron chi connectivity index (χ1n) is 8.97. The normalized spacial score (nSPS) is 12.0. The molecule has 0 bridgehead atoms. The first-order valence-corrected chi connectivity index (χ1v) is 8.97. The molecule has 0 radical (unpaired) electrons. The van der Waals surface area contributed by atoms with Crippen molar-refractivity contribution in [1.82, 2.24) is 0 Å². The molecule has 0 amide bonds. The van der Waals surface area contributed by atoms with Gasteiger partial charge in [0.2, 0.25) is 0 Å². The zero-order chi connectivity index (χ0) is 14.4. The molecule has 0 rings (SSSR count).